The van der Waals surface area contributed by atoms with Gasteiger partial charge in [0.05, 0.1) is 12.4 Å². The van der Waals surface area contributed by atoms with E-state index in [-0.39, 0.29) is 5.91 Å². The van der Waals surface area contributed by atoms with Crippen molar-refractivity contribution in [1.82, 2.24) is 30.7 Å². The highest BCUT2D eigenvalue weighted by Gasteiger charge is 2.10. The van der Waals surface area contributed by atoms with Gasteiger partial charge in [-0.3, -0.25) is 9.89 Å². The molecule has 0 aliphatic carbocycles. The van der Waals surface area contributed by atoms with Crippen LogP contribution in [-0.4, -0.2) is 31.3 Å². The average molecular weight is 408 g/mol. The second-order valence-electron chi connectivity index (χ2n) is 7.40. The number of carbonyl (C=O) groups excluding carboxylic acids is 1. The van der Waals surface area contributed by atoms with E-state index in [1.165, 1.54) is 11.1 Å². The van der Waals surface area contributed by atoms with Crippen molar-refractivity contribution in [3.05, 3.63) is 102 Å². The number of H-pyrrole nitrogens is 2. The number of benzene rings is 2. The zero-order chi connectivity index (χ0) is 21.0. The predicted octanol–water partition coefficient (Wildman–Crippen LogP) is 3.87. The Kier molecular flexibility index (Phi) is 4.98. The molecule has 0 atom stereocenters. The maximum Gasteiger partial charge on any atom is 0.267 e. The minimum atomic E-state index is -0.149. The fraction of sp³-hybridized carbons (Fsp3) is 0.0833. The fourth-order valence-electron chi connectivity index (χ4n) is 3.57. The monoisotopic (exact) mass is 408 g/mol. The fourth-order valence-corrected chi connectivity index (χ4v) is 3.57. The number of aromatic nitrogens is 5. The number of carbonyl (C=O) groups is 1. The van der Waals surface area contributed by atoms with Crippen LogP contribution in [0.15, 0.2) is 79.4 Å². The van der Waals surface area contributed by atoms with E-state index < -0.39 is 0 Å². The van der Waals surface area contributed by atoms with E-state index in [0.29, 0.717) is 12.2 Å². The molecule has 0 unspecified atom stereocenters. The first kappa shape index (κ1) is 18.7. The number of fused-ring (bicyclic) bond motifs is 1. The van der Waals surface area contributed by atoms with Crippen molar-refractivity contribution in [3.63, 3.8) is 0 Å². The van der Waals surface area contributed by atoms with Crippen molar-refractivity contribution in [2.75, 3.05) is 0 Å². The second-order valence-corrected chi connectivity index (χ2v) is 7.40. The molecule has 0 bridgehead atoms. The number of hydrogen-bond donors (Lipinski definition) is 3. The van der Waals surface area contributed by atoms with Crippen molar-refractivity contribution < 1.29 is 4.79 Å². The summed E-state index contributed by atoms with van der Waals surface area (Å²) in [6.07, 6.45) is 7.76. The highest BCUT2D eigenvalue weighted by atomic mass is 16.1. The first-order chi connectivity index (χ1) is 15.2. The van der Waals surface area contributed by atoms with Gasteiger partial charge in [-0.25, -0.2) is 0 Å². The Hall–Kier alpha value is -4.26. The second kappa shape index (κ2) is 8.23. The summed E-state index contributed by atoms with van der Waals surface area (Å²) >= 11 is 0. The molecule has 0 saturated carbocycles. The molecular formula is C24H20N6O. The summed E-state index contributed by atoms with van der Waals surface area (Å²) in [6.45, 7) is 0.407. The molecule has 7 heteroatoms. The van der Waals surface area contributed by atoms with E-state index in [2.05, 4.69) is 67.1 Å². The molecule has 2 aromatic carbocycles. The Labute approximate surface area is 178 Å². The molecule has 0 aliphatic heterocycles. The summed E-state index contributed by atoms with van der Waals surface area (Å²) in [5.74, 6) is -0.149. The number of nitrogens with one attached hydrogen (secondary N) is 3. The quantitative estimate of drug-likeness (QED) is 0.397. The molecule has 31 heavy (non-hydrogen) atoms. The normalized spacial score (nSPS) is 11.0. The van der Waals surface area contributed by atoms with Crippen LogP contribution in [0.3, 0.4) is 0 Å². The number of aromatic amines is 2. The molecule has 0 fully saturated rings. The highest BCUT2D eigenvalue weighted by molar-refractivity contribution is 5.98. The maximum atomic E-state index is 12.5. The van der Waals surface area contributed by atoms with Gasteiger partial charge in [0.15, 0.2) is 0 Å². The summed E-state index contributed by atoms with van der Waals surface area (Å²) in [5, 5.41) is 18.3. The zero-order valence-electron chi connectivity index (χ0n) is 16.7. The lowest BCUT2D eigenvalue weighted by atomic mass is 10.0. The number of hydrogen-bond acceptors (Lipinski definition) is 4. The van der Waals surface area contributed by atoms with Crippen molar-refractivity contribution in [1.29, 1.82) is 0 Å². The van der Waals surface area contributed by atoms with Gasteiger partial charge < -0.3 is 10.3 Å². The SMILES string of the molecule is O=C(NCc1ccnnc1)c1cc2ccc(Cc3ccc(-c4cn[nH]c4)cc3)cc2[nH]1. The van der Waals surface area contributed by atoms with Crippen LogP contribution in [0.25, 0.3) is 22.0 Å². The van der Waals surface area contributed by atoms with E-state index in [9.17, 15) is 4.79 Å². The van der Waals surface area contributed by atoms with Gasteiger partial charge in [-0.2, -0.15) is 15.3 Å². The van der Waals surface area contributed by atoms with Crippen LogP contribution in [0.1, 0.15) is 27.2 Å². The van der Waals surface area contributed by atoms with E-state index >= 15 is 0 Å². The zero-order valence-corrected chi connectivity index (χ0v) is 16.7. The summed E-state index contributed by atoms with van der Waals surface area (Å²) in [5.41, 5.74) is 7.01. The number of amides is 1. The van der Waals surface area contributed by atoms with Crippen molar-refractivity contribution in [2.24, 2.45) is 0 Å². The number of nitrogens with zero attached hydrogens (tertiary/aromatic N) is 3. The lowest BCUT2D eigenvalue weighted by Gasteiger charge is -2.04. The largest absolute Gasteiger partial charge is 0.351 e. The van der Waals surface area contributed by atoms with Gasteiger partial charge in [-0.05, 0) is 46.9 Å². The van der Waals surface area contributed by atoms with Crippen LogP contribution in [0.5, 0.6) is 0 Å². The predicted molar refractivity (Wildman–Crippen MR) is 118 cm³/mol. The third-order valence-corrected chi connectivity index (χ3v) is 5.22. The molecule has 3 N–H and O–H groups in total. The molecule has 0 spiro atoms. The standard InChI is InChI=1S/C24H20N6O/c31-24(25-12-18-7-8-26-27-13-18)23-11-20-6-3-17(10-22(20)30-23)9-16-1-4-19(5-2-16)21-14-28-29-15-21/h1-8,10-11,13-15,30H,9,12H2,(H,25,31)(H,28,29). The molecule has 3 aromatic heterocycles. The van der Waals surface area contributed by atoms with E-state index in [4.69, 9.17) is 0 Å². The van der Waals surface area contributed by atoms with Gasteiger partial charge in [0.2, 0.25) is 0 Å². The molecule has 0 aliphatic rings. The number of rotatable bonds is 6. The summed E-state index contributed by atoms with van der Waals surface area (Å²) in [4.78, 5) is 15.7. The molecule has 152 valence electrons. The van der Waals surface area contributed by atoms with E-state index in [1.54, 1.807) is 12.4 Å². The Balaban J connectivity index is 1.28. The average Bonchev–Trinajstić information content (AvgIpc) is 3.49. The topological polar surface area (TPSA) is 99.3 Å². The first-order valence-electron chi connectivity index (χ1n) is 9.98. The van der Waals surface area contributed by atoms with Crippen LogP contribution in [-0.2, 0) is 13.0 Å². The van der Waals surface area contributed by atoms with Crippen LogP contribution in [0.4, 0.5) is 0 Å². The van der Waals surface area contributed by atoms with Gasteiger partial charge >= 0.3 is 0 Å². The molecular weight excluding hydrogens is 388 g/mol. The molecule has 1 amide bonds. The lowest BCUT2D eigenvalue weighted by Crippen LogP contribution is -2.23. The molecule has 7 nitrogen and oxygen atoms in total. The summed E-state index contributed by atoms with van der Waals surface area (Å²) < 4.78 is 0. The third-order valence-electron chi connectivity index (χ3n) is 5.22. The van der Waals surface area contributed by atoms with Gasteiger partial charge in [0.25, 0.3) is 5.91 Å². The van der Waals surface area contributed by atoms with Crippen molar-refractivity contribution in [3.8, 4) is 11.1 Å². The molecule has 5 aromatic rings. The maximum absolute atomic E-state index is 12.5. The lowest BCUT2D eigenvalue weighted by molar-refractivity contribution is 0.0946. The van der Waals surface area contributed by atoms with Crippen LogP contribution >= 0.6 is 0 Å². The first-order valence-corrected chi connectivity index (χ1v) is 9.98. The molecule has 0 radical (unpaired) electrons. The third kappa shape index (κ3) is 4.20. The minimum absolute atomic E-state index is 0.149. The van der Waals surface area contributed by atoms with Crippen LogP contribution < -0.4 is 5.32 Å². The Bertz CT molecular complexity index is 1310. The molecule has 0 saturated heterocycles. The van der Waals surface area contributed by atoms with Crippen LogP contribution in [0.2, 0.25) is 0 Å². The van der Waals surface area contributed by atoms with Gasteiger partial charge in [-0.15, -0.1) is 0 Å². The van der Waals surface area contributed by atoms with Crippen molar-refractivity contribution >= 4 is 16.8 Å². The molecule has 5 rings (SSSR count). The van der Waals surface area contributed by atoms with Gasteiger partial charge in [0.1, 0.15) is 5.69 Å². The highest BCUT2D eigenvalue weighted by Crippen LogP contribution is 2.22. The Morgan fingerprint density at radius 1 is 0.871 bits per heavy atom. The summed E-state index contributed by atoms with van der Waals surface area (Å²) in [7, 11) is 0. The van der Waals surface area contributed by atoms with Crippen molar-refractivity contribution in [2.45, 2.75) is 13.0 Å². The minimum Gasteiger partial charge on any atom is -0.351 e. The van der Waals surface area contributed by atoms with Gasteiger partial charge in [-0.1, -0.05) is 36.4 Å². The van der Waals surface area contributed by atoms with Gasteiger partial charge in [0, 0.05) is 35.4 Å². The molecule has 3 heterocycles. The van der Waals surface area contributed by atoms with Crippen LogP contribution in [0, 0.1) is 0 Å². The Morgan fingerprint density at radius 3 is 2.52 bits per heavy atom. The van der Waals surface area contributed by atoms with E-state index in [0.717, 1.165) is 34.0 Å². The van der Waals surface area contributed by atoms with E-state index in [1.807, 2.05) is 30.6 Å². The summed E-state index contributed by atoms with van der Waals surface area (Å²) in [6, 6.07) is 18.4. The smallest absolute Gasteiger partial charge is 0.267 e. The Morgan fingerprint density at radius 2 is 1.74 bits per heavy atom.